The first-order chi connectivity index (χ1) is 12.0. The van der Waals surface area contributed by atoms with E-state index >= 15 is 0 Å². The summed E-state index contributed by atoms with van der Waals surface area (Å²) >= 11 is 0. The number of hydrogen-bond donors (Lipinski definition) is 1. The van der Waals surface area contributed by atoms with E-state index in [1.807, 2.05) is 62.4 Å². The van der Waals surface area contributed by atoms with Gasteiger partial charge in [0.1, 0.15) is 6.54 Å². The molecule has 1 N–H and O–H groups in total. The molecule has 5 heteroatoms. The average molecular weight is 335 g/mol. The third kappa shape index (κ3) is 3.94. The fourth-order valence-electron chi connectivity index (χ4n) is 2.84. The van der Waals surface area contributed by atoms with Gasteiger partial charge in [-0.15, -0.1) is 0 Å². The van der Waals surface area contributed by atoms with Gasteiger partial charge < -0.3 is 5.32 Å². The Kier molecular flexibility index (Phi) is 4.93. The molecule has 3 aromatic rings. The average Bonchev–Trinajstić information content (AvgIpc) is 2.59. The van der Waals surface area contributed by atoms with Crippen molar-refractivity contribution in [2.45, 2.75) is 32.9 Å². The van der Waals surface area contributed by atoms with E-state index in [4.69, 9.17) is 0 Å². The number of carbonyl (C=O) groups is 1. The molecule has 1 amide bonds. The van der Waals surface area contributed by atoms with E-state index in [9.17, 15) is 9.59 Å². The van der Waals surface area contributed by atoms with Crippen molar-refractivity contribution in [1.82, 2.24) is 15.1 Å². The fourth-order valence-corrected chi connectivity index (χ4v) is 2.84. The number of carbonyl (C=O) groups excluding carboxylic acids is 1. The van der Waals surface area contributed by atoms with Crippen molar-refractivity contribution in [2.24, 2.45) is 0 Å². The summed E-state index contributed by atoms with van der Waals surface area (Å²) < 4.78 is 1.26. The summed E-state index contributed by atoms with van der Waals surface area (Å²) in [6, 6.07) is 17.4. The minimum absolute atomic E-state index is 0.0208. The van der Waals surface area contributed by atoms with Gasteiger partial charge in [-0.25, -0.2) is 4.68 Å². The van der Waals surface area contributed by atoms with E-state index in [-0.39, 0.29) is 24.1 Å². The van der Waals surface area contributed by atoms with Crippen molar-refractivity contribution < 1.29 is 4.79 Å². The lowest BCUT2D eigenvalue weighted by Gasteiger charge is -2.12. The number of amides is 1. The summed E-state index contributed by atoms with van der Waals surface area (Å²) in [4.78, 5) is 24.7. The van der Waals surface area contributed by atoms with Crippen LogP contribution in [0.5, 0.6) is 0 Å². The molecule has 0 atom stereocenters. The quantitative estimate of drug-likeness (QED) is 0.779. The van der Waals surface area contributed by atoms with Gasteiger partial charge in [0.15, 0.2) is 0 Å². The molecular formula is C20H21N3O2. The molecular weight excluding hydrogens is 314 g/mol. The smallest absolute Gasteiger partial charge is 0.275 e. The van der Waals surface area contributed by atoms with Crippen LogP contribution in [0.15, 0.2) is 59.4 Å². The standard InChI is InChI=1S/C20H21N3O2/c1-14(2)21-19(24)13-23-20(25)17-11-7-6-10-16(17)18(22-23)12-15-8-4-3-5-9-15/h3-11,14H,12-13H2,1-2H3,(H,21,24). The molecule has 0 radical (unpaired) electrons. The van der Waals surface area contributed by atoms with Gasteiger partial charge in [-0.1, -0.05) is 48.5 Å². The third-order valence-corrected chi connectivity index (χ3v) is 3.90. The van der Waals surface area contributed by atoms with Crippen molar-refractivity contribution in [2.75, 3.05) is 0 Å². The molecule has 0 aliphatic carbocycles. The van der Waals surface area contributed by atoms with E-state index in [1.54, 1.807) is 6.07 Å². The highest BCUT2D eigenvalue weighted by Crippen LogP contribution is 2.16. The fraction of sp³-hybridized carbons (Fsp3) is 0.250. The van der Waals surface area contributed by atoms with Crippen LogP contribution < -0.4 is 10.9 Å². The Bertz CT molecular complexity index is 946. The van der Waals surface area contributed by atoms with Gasteiger partial charge in [0, 0.05) is 17.8 Å². The molecule has 5 nitrogen and oxygen atoms in total. The zero-order valence-corrected chi connectivity index (χ0v) is 14.4. The molecule has 25 heavy (non-hydrogen) atoms. The predicted molar refractivity (Wildman–Crippen MR) is 98.5 cm³/mol. The van der Waals surface area contributed by atoms with Gasteiger partial charge in [0.25, 0.3) is 5.56 Å². The highest BCUT2D eigenvalue weighted by Gasteiger charge is 2.13. The minimum Gasteiger partial charge on any atom is -0.352 e. The number of hydrogen-bond acceptors (Lipinski definition) is 3. The monoisotopic (exact) mass is 335 g/mol. The maximum atomic E-state index is 12.7. The Morgan fingerprint density at radius 2 is 1.68 bits per heavy atom. The second-order valence-corrected chi connectivity index (χ2v) is 6.34. The molecule has 0 fully saturated rings. The van der Waals surface area contributed by atoms with Crippen LogP contribution in [-0.4, -0.2) is 21.7 Å². The van der Waals surface area contributed by atoms with Gasteiger partial charge >= 0.3 is 0 Å². The minimum atomic E-state index is -0.244. The van der Waals surface area contributed by atoms with Crippen molar-refractivity contribution >= 4 is 16.7 Å². The lowest BCUT2D eigenvalue weighted by atomic mass is 10.0. The Balaban J connectivity index is 2.04. The predicted octanol–water partition coefficient (Wildman–Crippen LogP) is 2.51. The second-order valence-electron chi connectivity index (χ2n) is 6.34. The zero-order valence-electron chi connectivity index (χ0n) is 14.4. The summed E-state index contributed by atoms with van der Waals surface area (Å²) in [5, 5.41) is 8.70. The number of aromatic nitrogens is 2. The molecule has 3 rings (SSSR count). The Hall–Kier alpha value is -2.95. The zero-order chi connectivity index (χ0) is 17.8. The van der Waals surface area contributed by atoms with Crippen LogP contribution in [0, 0.1) is 0 Å². The summed E-state index contributed by atoms with van der Waals surface area (Å²) in [7, 11) is 0. The molecule has 1 heterocycles. The molecule has 0 aliphatic heterocycles. The van der Waals surface area contributed by atoms with Crippen LogP contribution in [-0.2, 0) is 17.8 Å². The van der Waals surface area contributed by atoms with Crippen LogP contribution in [0.1, 0.15) is 25.1 Å². The number of fused-ring (bicyclic) bond motifs is 1. The molecule has 1 aromatic heterocycles. The topological polar surface area (TPSA) is 64.0 Å². The van der Waals surface area contributed by atoms with Crippen molar-refractivity contribution in [3.8, 4) is 0 Å². The summed E-state index contributed by atoms with van der Waals surface area (Å²) in [5.41, 5.74) is 1.65. The third-order valence-electron chi connectivity index (χ3n) is 3.90. The molecule has 0 saturated carbocycles. The second kappa shape index (κ2) is 7.30. The van der Waals surface area contributed by atoms with Crippen LogP contribution >= 0.6 is 0 Å². The van der Waals surface area contributed by atoms with Crippen LogP contribution in [0.4, 0.5) is 0 Å². The van der Waals surface area contributed by atoms with Crippen molar-refractivity contribution in [3.05, 3.63) is 76.2 Å². The Labute approximate surface area is 146 Å². The van der Waals surface area contributed by atoms with Gasteiger partial charge in [-0.3, -0.25) is 9.59 Å². The van der Waals surface area contributed by atoms with Gasteiger partial charge in [-0.05, 0) is 25.5 Å². The van der Waals surface area contributed by atoms with E-state index in [0.29, 0.717) is 11.8 Å². The molecule has 0 saturated heterocycles. The van der Waals surface area contributed by atoms with Gasteiger partial charge in [-0.2, -0.15) is 5.10 Å². The maximum absolute atomic E-state index is 12.7. The summed E-state index contributed by atoms with van der Waals surface area (Å²) in [5.74, 6) is -0.217. The SMILES string of the molecule is CC(C)NC(=O)Cn1nc(Cc2ccccc2)c2ccccc2c1=O. The Morgan fingerprint density at radius 1 is 1.04 bits per heavy atom. The number of nitrogens with one attached hydrogen (secondary N) is 1. The van der Waals surface area contributed by atoms with E-state index in [0.717, 1.165) is 16.6 Å². The number of nitrogens with zero attached hydrogens (tertiary/aromatic N) is 2. The molecule has 0 spiro atoms. The van der Waals surface area contributed by atoms with Crippen LogP contribution in [0.2, 0.25) is 0 Å². The van der Waals surface area contributed by atoms with Gasteiger partial charge in [0.05, 0.1) is 11.1 Å². The van der Waals surface area contributed by atoms with E-state index in [1.165, 1.54) is 4.68 Å². The lowest BCUT2D eigenvalue weighted by Crippen LogP contribution is -2.37. The number of benzene rings is 2. The van der Waals surface area contributed by atoms with E-state index < -0.39 is 0 Å². The first kappa shape index (κ1) is 16.9. The van der Waals surface area contributed by atoms with Crippen molar-refractivity contribution in [1.29, 1.82) is 0 Å². The largest absolute Gasteiger partial charge is 0.352 e. The molecule has 0 aliphatic rings. The highest BCUT2D eigenvalue weighted by molar-refractivity contribution is 5.84. The number of rotatable bonds is 5. The maximum Gasteiger partial charge on any atom is 0.275 e. The molecule has 2 aromatic carbocycles. The summed E-state index contributed by atoms with van der Waals surface area (Å²) in [6.45, 7) is 3.69. The highest BCUT2D eigenvalue weighted by atomic mass is 16.2. The summed E-state index contributed by atoms with van der Waals surface area (Å²) in [6.07, 6.45) is 0.605. The Morgan fingerprint density at radius 3 is 2.36 bits per heavy atom. The van der Waals surface area contributed by atoms with Crippen LogP contribution in [0.25, 0.3) is 10.8 Å². The molecule has 0 bridgehead atoms. The first-order valence-electron chi connectivity index (χ1n) is 8.36. The normalized spacial score (nSPS) is 11.0. The van der Waals surface area contributed by atoms with Gasteiger partial charge in [0.2, 0.25) is 5.91 Å². The molecule has 128 valence electrons. The van der Waals surface area contributed by atoms with E-state index in [2.05, 4.69) is 10.4 Å². The van der Waals surface area contributed by atoms with Crippen molar-refractivity contribution in [3.63, 3.8) is 0 Å². The first-order valence-corrected chi connectivity index (χ1v) is 8.36. The molecule has 0 unspecified atom stereocenters. The van der Waals surface area contributed by atoms with Crippen LogP contribution in [0.3, 0.4) is 0 Å². The lowest BCUT2D eigenvalue weighted by molar-refractivity contribution is -0.122.